The number of benzene rings is 1. The number of hydrogen-bond acceptors (Lipinski definition) is 3. The van der Waals surface area contributed by atoms with E-state index in [4.69, 9.17) is 16.3 Å². The number of ether oxygens (including phenoxy) is 1. The maximum Gasteiger partial charge on any atom is 0.390 e. The Balaban J connectivity index is 0.00000242. The molecule has 1 aromatic carbocycles. The van der Waals surface area contributed by atoms with Crippen LogP contribution in [0.15, 0.2) is 18.2 Å². The average Bonchev–Trinajstić information content (AvgIpc) is 2.45. The van der Waals surface area contributed by atoms with Gasteiger partial charge in [0.05, 0.1) is 13.5 Å². The highest BCUT2D eigenvalue weighted by atomic mass is 35.5. The summed E-state index contributed by atoms with van der Waals surface area (Å²) >= 11 is 5.96. The third kappa shape index (κ3) is 6.55. The minimum atomic E-state index is -4.25. The van der Waals surface area contributed by atoms with Crippen LogP contribution in [0, 0.1) is 0 Å². The Morgan fingerprint density at radius 1 is 1.26 bits per heavy atom. The quantitative estimate of drug-likeness (QED) is 0.831. The fourth-order valence-electron chi connectivity index (χ4n) is 2.61. The number of hydrogen-bond donors (Lipinski definition) is 1. The predicted molar refractivity (Wildman–Crippen MR) is 90.4 cm³/mol. The molecule has 0 radical (unpaired) electrons. The highest BCUT2D eigenvalue weighted by molar-refractivity contribution is 6.30. The van der Waals surface area contributed by atoms with Crippen LogP contribution in [0.3, 0.4) is 0 Å². The number of piperazine rings is 1. The molecule has 3 nitrogen and oxygen atoms in total. The van der Waals surface area contributed by atoms with Crippen LogP contribution in [0.1, 0.15) is 18.0 Å². The number of nitrogens with zero attached hydrogens (tertiary/aromatic N) is 1. The fraction of sp³-hybridized carbons (Fsp3) is 0.571. The van der Waals surface area contributed by atoms with E-state index in [2.05, 4.69) is 5.32 Å². The van der Waals surface area contributed by atoms with E-state index in [1.54, 1.807) is 18.2 Å². The lowest BCUT2D eigenvalue weighted by Gasteiger charge is -2.36. The van der Waals surface area contributed by atoms with E-state index < -0.39 is 18.6 Å². The summed E-state index contributed by atoms with van der Waals surface area (Å²) in [6.45, 7) is 2.49. The van der Waals surface area contributed by atoms with Crippen molar-refractivity contribution in [2.45, 2.75) is 18.6 Å². The molecule has 0 spiro atoms. The maximum atomic E-state index is 13.0. The van der Waals surface area contributed by atoms with E-state index in [-0.39, 0.29) is 24.8 Å². The molecule has 1 heterocycles. The number of nitrogens with one attached hydrogen (secondary N) is 1. The van der Waals surface area contributed by atoms with Crippen LogP contribution < -0.4 is 10.1 Å². The SMILES string of the molecule is COc1ccc(Cl)cc1[C@H](CC(F)(F)F)N1CCNCC1.Cl.Cl. The smallest absolute Gasteiger partial charge is 0.390 e. The number of halogens is 6. The zero-order valence-electron chi connectivity index (χ0n) is 12.5. The molecule has 1 N–H and O–H groups in total. The first-order valence-electron chi connectivity index (χ1n) is 6.75. The van der Waals surface area contributed by atoms with Gasteiger partial charge in [-0.25, -0.2) is 0 Å². The molecule has 1 fully saturated rings. The molecule has 134 valence electrons. The molecule has 0 unspecified atom stereocenters. The molecule has 1 aliphatic heterocycles. The van der Waals surface area contributed by atoms with Crippen molar-refractivity contribution in [3.63, 3.8) is 0 Å². The third-order valence-corrected chi connectivity index (χ3v) is 3.80. The molecule has 1 atom stereocenters. The Bertz CT molecular complexity index is 483. The molecule has 0 aromatic heterocycles. The van der Waals surface area contributed by atoms with Gasteiger partial charge in [-0.15, -0.1) is 24.8 Å². The van der Waals surface area contributed by atoms with E-state index in [0.29, 0.717) is 42.5 Å². The van der Waals surface area contributed by atoms with Crippen LogP contribution in [0.4, 0.5) is 13.2 Å². The predicted octanol–water partition coefficient (Wildman–Crippen LogP) is 4.09. The van der Waals surface area contributed by atoms with Gasteiger partial charge in [0.25, 0.3) is 0 Å². The Morgan fingerprint density at radius 2 is 1.87 bits per heavy atom. The molecule has 23 heavy (non-hydrogen) atoms. The molecule has 1 saturated heterocycles. The van der Waals surface area contributed by atoms with Gasteiger partial charge in [-0.3, -0.25) is 4.90 Å². The molecule has 2 rings (SSSR count). The summed E-state index contributed by atoms with van der Waals surface area (Å²) in [6, 6.07) is 4.02. The second-order valence-corrected chi connectivity index (χ2v) is 5.44. The lowest BCUT2D eigenvalue weighted by molar-refractivity contribution is -0.148. The van der Waals surface area contributed by atoms with Gasteiger partial charge in [-0.1, -0.05) is 11.6 Å². The van der Waals surface area contributed by atoms with Crippen molar-refractivity contribution in [1.82, 2.24) is 10.2 Å². The number of alkyl halides is 3. The molecule has 0 bridgehead atoms. The summed E-state index contributed by atoms with van der Waals surface area (Å²) in [5, 5.41) is 3.55. The molecule has 1 aromatic rings. The molecule has 1 aliphatic rings. The molecular formula is C14H20Cl3F3N2O. The summed E-state index contributed by atoms with van der Waals surface area (Å²) in [5.74, 6) is 0.437. The van der Waals surface area contributed by atoms with Crippen LogP contribution in [-0.4, -0.2) is 44.4 Å². The van der Waals surface area contributed by atoms with Gasteiger partial charge in [-0.05, 0) is 18.2 Å². The van der Waals surface area contributed by atoms with Crippen molar-refractivity contribution in [1.29, 1.82) is 0 Å². The summed E-state index contributed by atoms with van der Waals surface area (Å²) in [4.78, 5) is 1.83. The maximum absolute atomic E-state index is 13.0. The van der Waals surface area contributed by atoms with E-state index >= 15 is 0 Å². The van der Waals surface area contributed by atoms with E-state index in [1.165, 1.54) is 7.11 Å². The first kappa shape index (κ1) is 22.6. The van der Waals surface area contributed by atoms with E-state index in [1.807, 2.05) is 4.90 Å². The lowest BCUT2D eigenvalue weighted by atomic mass is 9.99. The summed E-state index contributed by atoms with van der Waals surface area (Å²) in [6.07, 6.45) is -5.16. The normalized spacial score (nSPS) is 16.9. The van der Waals surface area contributed by atoms with Crippen molar-refractivity contribution in [3.8, 4) is 5.75 Å². The van der Waals surface area contributed by atoms with Gasteiger partial charge in [0, 0.05) is 42.8 Å². The first-order valence-corrected chi connectivity index (χ1v) is 7.13. The largest absolute Gasteiger partial charge is 0.496 e. The van der Waals surface area contributed by atoms with Crippen molar-refractivity contribution < 1.29 is 17.9 Å². The Hall–Kier alpha value is -0.400. The van der Waals surface area contributed by atoms with Gasteiger partial charge >= 0.3 is 6.18 Å². The zero-order chi connectivity index (χ0) is 15.5. The fourth-order valence-corrected chi connectivity index (χ4v) is 2.79. The van der Waals surface area contributed by atoms with Crippen LogP contribution in [0.5, 0.6) is 5.75 Å². The Morgan fingerprint density at radius 3 is 2.39 bits per heavy atom. The van der Waals surface area contributed by atoms with Gasteiger partial charge < -0.3 is 10.1 Å². The van der Waals surface area contributed by atoms with Crippen LogP contribution in [0.2, 0.25) is 5.02 Å². The minimum absolute atomic E-state index is 0. The van der Waals surface area contributed by atoms with Gasteiger partial charge in [0.15, 0.2) is 0 Å². The van der Waals surface area contributed by atoms with Crippen molar-refractivity contribution in [3.05, 3.63) is 28.8 Å². The Kier molecular flexibility index (Phi) is 9.62. The zero-order valence-corrected chi connectivity index (χ0v) is 14.9. The highest BCUT2D eigenvalue weighted by Gasteiger charge is 2.37. The molecule has 0 saturated carbocycles. The number of methoxy groups -OCH3 is 1. The highest BCUT2D eigenvalue weighted by Crippen LogP contribution is 2.39. The molecular weight excluding hydrogens is 376 g/mol. The standard InChI is InChI=1S/C14H18ClF3N2O.2ClH/c1-21-13-3-2-10(15)8-11(13)12(9-14(16,17)18)20-6-4-19-5-7-20;;/h2-3,8,12,19H,4-7,9H2,1H3;2*1H/t12-;;/m0../s1. The van der Waals surface area contributed by atoms with Crippen LogP contribution in [0.25, 0.3) is 0 Å². The average molecular weight is 396 g/mol. The Labute approximate surface area is 151 Å². The lowest BCUT2D eigenvalue weighted by Crippen LogP contribution is -2.46. The molecule has 9 heteroatoms. The summed E-state index contributed by atoms with van der Waals surface area (Å²) in [5.41, 5.74) is 0.490. The monoisotopic (exact) mass is 394 g/mol. The minimum Gasteiger partial charge on any atom is -0.496 e. The summed E-state index contributed by atoms with van der Waals surface area (Å²) < 4.78 is 44.1. The van der Waals surface area contributed by atoms with Crippen molar-refractivity contribution in [2.75, 3.05) is 33.3 Å². The molecule has 0 aliphatic carbocycles. The van der Waals surface area contributed by atoms with E-state index in [0.717, 1.165) is 0 Å². The van der Waals surface area contributed by atoms with E-state index in [9.17, 15) is 13.2 Å². The second-order valence-electron chi connectivity index (χ2n) is 5.01. The van der Waals surface area contributed by atoms with Crippen LogP contribution >= 0.6 is 36.4 Å². The van der Waals surface area contributed by atoms with Crippen molar-refractivity contribution >= 4 is 36.4 Å². The second kappa shape index (κ2) is 9.79. The third-order valence-electron chi connectivity index (χ3n) is 3.57. The van der Waals surface area contributed by atoms with Gasteiger partial charge in [0.2, 0.25) is 0 Å². The number of rotatable bonds is 4. The van der Waals surface area contributed by atoms with Crippen molar-refractivity contribution in [2.24, 2.45) is 0 Å². The summed E-state index contributed by atoms with van der Waals surface area (Å²) in [7, 11) is 1.45. The van der Waals surface area contributed by atoms with Gasteiger partial charge in [-0.2, -0.15) is 13.2 Å². The topological polar surface area (TPSA) is 24.5 Å². The first-order chi connectivity index (χ1) is 9.90. The molecule has 0 amide bonds. The van der Waals surface area contributed by atoms with Crippen LogP contribution in [-0.2, 0) is 0 Å². The van der Waals surface area contributed by atoms with Gasteiger partial charge in [0.1, 0.15) is 5.75 Å².